The number of nitrogens with zero attached hydrogens (tertiary/aromatic N) is 2. The lowest BCUT2D eigenvalue weighted by Gasteiger charge is -2.39. The highest BCUT2D eigenvalue weighted by molar-refractivity contribution is 6.02. The summed E-state index contributed by atoms with van der Waals surface area (Å²) in [5.41, 5.74) is -4.06. The van der Waals surface area contributed by atoms with Gasteiger partial charge in [0, 0.05) is 19.5 Å². The van der Waals surface area contributed by atoms with Gasteiger partial charge in [-0.3, -0.25) is 19.2 Å². The number of nitriles is 1. The second kappa shape index (κ2) is 10.1. The summed E-state index contributed by atoms with van der Waals surface area (Å²) in [6.07, 6.45) is -5.77. The minimum Gasteiger partial charge on any atom is -0.473 e. The summed E-state index contributed by atoms with van der Waals surface area (Å²) in [7, 11) is 1.14. The molecule has 1 unspecified atom stereocenters. The fraction of sp³-hybridized carbons (Fsp3) is 0.542. The van der Waals surface area contributed by atoms with E-state index in [4.69, 9.17) is 4.74 Å². The van der Waals surface area contributed by atoms with Gasteiger partial charge in [-0.05, 0) is 31.4 Å². The Morgan fingerprint density at radius 3 is 2.50 bits per heavy atom. The highest BCUT2D eigenvalue weighted by Crippen LogP contribution is 2.42. The lowest BCUT2D eigenvalue weighted by atomic mass is 9.78. The van der Waals surface area contributed by atoms with E-state index in [-0.39, 0.29) is 30.2 Å². The number of halogens is 4. The second-order valence-corrected chi connectivity index (χ2v) is 9.92. The van der Waals surface area contributed by atoms with E-state index in [0.29, 0.717) is 0 Å². The molecule has 206 valence electrons. The number of nitrogens with one attached hydrogen (secondary N) is 3. The van der Waals surface area contributed by atoms with Crippen LogP contribution in [0.25, 0.3) is 0 Å². The number of likely N-dealkylation sites (tertiary alicyclic amines) is 1. The standard InChI is InChI=1S/C24H27F4N5O5/c1-12(2)7-15(22(3,19(35)30-4)32-21(37)24(26,27)28)18(34)33-11-23(9-14(33)10-29)20(36)31-16-8-13(25)5-6-17(16)38-23/h5-6,8,12,14-15H,7,9,11H2,1-4H3,(H,30,35)(H,31,36)(H,32,37)/t14-,15+,22?,23+/m0/s1. The number of ether oxygens (including phenoxy) is 1. The van der Waals surface area contributed by atoms with E-state index in [9.17, 15) is 42.0 Å². The van der Waals surface area contributed by atoms with Gasteiger partial charge in [0.15, 0.2) is 0 Å². The molecule has 0 aromatic heterocycles. The quantitative estimate of drug-likeness (QED) is 0.470. The summed E-state index contributed by atoms with van der Waals surface area (Å²) >= 11 is 0. The molecule has 1 aromatic carbocycles. The van der Waals surface area contributed by atoms with E-state index in [1.54, 1.807) is 19.2 Å². The summed E-state index contributed by atoms with van der Waals surface area (Å²) in [6.45, 7) is 3.86. The maximum Gasteiger partial charge on any atom is 0.471 e. The fourth-order valence-corrected chi connectivity index (χ4v) is 4.76. The molecule has 38 heavy (non-hydrogen) atoms. The monoisotopic (exact) mass is 541 g/mol. The van der Waals surface area contributed by atoms with Gasteiger partial charge in [0.2, 0.25) is 17.4 Å². The molecule has 1 saturated heterocycles. The molecule has 2 aliphatic heterocycles. The van der Waals surface area contributed by atoms with E-state index in [2.05, 4.69) is 10.6 Å². The smallest absolute Gasteiger partial charge is 0.471 e. The van der Waals surface area contributed by atoms with Crippen LogP contribution in [0.1, 0.15) is 33.6 Å². The summed E-state index contributed by atoms with van der Waals surface area (Å²) in [5.74, 6) is -7.55. The van der Waals surface area contributed by atoms with Gasteiger partial charge in [-0.15, -0.1) is 0 Å². The number of anilines is 1. The van der Waals surface area contributed by atoms with Crippen LogP contribution >= 0.6 is 0 Å². The molecule has 3 N–H and O–H groups in total. The predicted octanol–water partition coefficient (Wildman–Crippen LogP) is 1.87. The molecule has 1 spiro atoms. The van der Waals surface area contributed by atoms with Gasteiger partial charge < -0.3 is 25.6 Å². The number of carbonyl (C=O) groups is 4. The first kappa shape index (κ1) is 28.7. The van der Waals surface area contributed by atoms with Gasteiger partial charge in [0.1, 0.15) is 23.1 Å². The Bertz CT molecular complexity index is 1200. The van der Waals surface area contributed by atoms with E-state index >= 15 is 0 Å². The first-order chi connectivity index (χ1) is 17.6. The normalized spacial score (nSPS) is 23.0. The predicted molar refractivity (Wildman–Crippen MR) is 124 cm³/mol. The third-order valence-electron chi connectivity index (χ3n) is 6.70. The summed E-state index contributed by atoms with van der Waals surface area (Å²) in [5, 5.41) is 16.2. The molecule has 0 radical (unpaired) electrons. The van der Waals surface area contributed by atoms with E-state index in [0.717, 1.165) is 31.0 Å². The lowest BCUT2D eigenvalue weighted by Crippen LogP contribution is -2.66. The van der Waals surface area contributed by atoms with Crippen LogP contribution in [0.3, 0.4) is 0 Å². The summed E-state index contributed by atoms with van der Waals surface area (Å²) in [4.78, 5) is 52.6. The number of benzene rings is 1. The molecule has 4 amide bonds. The zero-order chi connectivity index (χ0) is 28.6. The van der Waals surface area contributed by atoms with Crippen molar-refractivity contribution in [2.24, 2.45) is 11.8 Å². The van der Waals surface area contributed by atoms with Gasteiger partial charge in [-0.1, -0.05) is 13.8 Å². The van der Waals surface area contributed by atoms with Crippen LogP contribution in [-0.4, -0.2) is 65.5 Å². The number of amides is 4. The Morgan fingerprint density at radius 2 is 1.95 bits per heavy atom. The minimum absolute atomic E-state index is 0.0543. The van der Waals surface area contributed by atoms with Gasteiger partial charge in [-0.25, -0.2) is 4.39 Å². The van der Waals surface area contributed by atoms with Crippen LogP contribution < -0.4 is 20.7 Å². The van der Waals surface area contributed by atoms with E-state index < -0.39 is 65.3 Å². The SMILES string of the molecule is CNC(=O)C(C)(NC(=O)C(F)(F)F)[C@H](CC(C)C)C(=O)N1C[C@@]2(C[C@H]1C#N)Oc1ccc(F)cc1NC2=O. The van der Waals surface area contributed by atoms with Crippen molar-refractivity contribution in [3.8, 4) is 11.8 Å². The van der Waals surface area contributed by atoms with Crippen LogP contribution in [-0.2, 0) is 19.2 Å². The van der Waals surface area contributed by atoms with Crippen LogP contribution in [0.15, 0.2) is 18.2 Å². The van der Waals surface area contributed by atoms with Crippen LogP contribution in [0.5, 0.6) is 5.75 Å². The topological polar surface area (TPSA) is 141 Å². The molecule has 0 aliphatic carbocycles. The molecule has 0 saturated carbocycles. The highest BCUT2D eigenvalue weighted by Gasteiger charge is 2.58. The summed E-state index contributed by atoms with van der Waals surface area (Å²) < 4.78 is 58.9. The summed E-state index contributed by atoms with van der Waals surface area (Å²) in [6, 6.07) is 4.06. The number of fused-ring (bicyclic) bond motifs is 1. The first-order valence-electron chi connectivity index (χ1n) is 11.7. The maximum atomic E-state index is 13.9. The molecular weight excluding hydrogens is 514 g/mol. The minimum atomic E-state index is -5.34. The Labute approximate surface area is 215 Å². The number of hydrogen-bond donors (Lipinski definition) is 3. The Kier molecular flexibility index (Phi) is 7.63. The molecule has 0 bridgehead atoms. The molecular formula is C24H27F4N5O5. The number of hydrogen-bond acceptors (Lipinski definition) is 6. The Balaban J connectivity index is 2.02. The van der Waals surface area contributed by atoms with Crippen molar-refractivity contribution in [3.05, 3.63) is 24.0 Å². The van der Waals surface area contributed by atoms with Crippen molar-refractivity contribution in [1.82, 2.24) is 15.5 Å². The fourth-order valence-electron chi connectivity index (χ4n) is 4.76. The average Bonchev–Trinajstić information content (AvgIpc) is 3.21. The van der Waals surface area contributed by atoms with Crippen LogP contribution in [0.2, 0.25) is 0 Å². The van der Waals surface area contributed by atoms with Crippen LogP contribution in [0.4, 0.5) is 23.2 Å². The zero-order valence-corrected chi connectivity index (χ0v) is 21.0. The molecule has 2 aliphatic rings. The Hall–Kier alpha value is -3.89. The molecule has 1 fully saturated rings. The lowest BCUT2D eigenvalue weighted by molar-refractivity contribution is -0.177. The molecule has 2 heterocycles. The number of rotatable bonds is 6. The third kappa shape index (κ3) is 5.23. The van der Waals surface area contributed by atoms with Gasteiger partial charge in [-0.2, -0.15) is 18.4 Å². The van der Waals surface area contributed by atoms with Crippen molar-refractivity contribution in [2.45, 2.75) is 57.0 Å². The van der Waals surface area contributed by atoms with Crippen LogP contribution in [0, 0.1) is 29.0 Å². The van der Waals surface area contributed by atoms with Crippen molar-refractivity contribution in [2.75, 3.05) is 18.9 Å². The van der Waals surface area contributed by atoms with Gasteiger partial charge in [0.25, 0.3) is 5.91 Å². The van der Waals surface area contributed by atoms with E-state index in [1.807, 2.05) is 6.07 Å². The Morgan fingerprint density at radius 1 is 1.29 bits per heavy atom. The van der Waals surface area contributed by atoms with Gasteiger partial charge >= 0.3 is 12.1 Å². The van der Waals surface area contributed by atoms with Crippen molar-refractivity contribution < 1.29 is 41.5 Å². The number of likely N-dealkylation sites (N-methyl/N-ethyl adjacent to an activating group) is 1. The zero-order valence-electron chi connectivity index (χ0n) is 21.0. The maximum absolute atomic E-state index is 13.9. The largest absolute Gasteiger partial charge is 0.473 e. The third-order valence-corrected chi connectivity index (χ3v) is 6.70. The first-order valence-corrected chi connectivity index (χ1v) is 11.7. The molecule has 10 nitrogen and oxygen atoms in total. The molecule has 3 rings (SSSR count). The highest BCUT2D eigenvalue weighted by atomic mass is 19.4. The molecule has 14 heteroatoms. The van der Waals surface area contributed by atoms with E-state index in [1.165, 1.54) is 6.07 Å². The van der Waals surface area contributed by atoms with Gasteiger partial charge in [0.05, 0.1) is 24.2 Å². The average molecular weight is 542 g/mol. The second-order valence-electron chi connectivity index (χ2n) is 9.92. The number of carbonyl (C=O) groups excluding carboxylic acids is 4. The van der Waals surface area contributed by atoms with Crippen molar-refractivity contribution >= 4 is 29.3 Å². The molecule has 4 atom stereocenters. The number of alkyl halides is 3. The van der Waals surface area contributed by atoms with Crippen molar-refractivity contribution in [3.63, 3.8) is 0 Å². The van der Waals surface area contributed by atoms with Crippen molar-refractivity contribution in [1.29, 1.82) is 5.26 Å². The molecule has 1 aromatic rings.